The van der Waals surface area contributed by atoms with E-state index < -0.39 is 47.3 Å². The van der Waals surface area contributed by atoms with E-state index in [2.05, 4.69) is 37.6 Å². The predicted octanol–water partition coefficient (Wildman–Crippen LogP) is 4.09. The molecule has 2 saturated heterocycles. The van der Waals surface area contributed by atoms with Gasteiger partial charge in [0.25, 0.3) is 0 Å². The van der Waals surface area contributed by atoms with Crippen molar-refractivity contribution < 1.29 is 33.7 Å². The fourth-order valence-corrected chi connectivity index (χ4v) is 8.17. The van der Waals surface area contributed by atoms with Crippen molar-refractivity contribution >= 4 is 17.5 Å². The Bertz CT molecular complexity index is 970. The molecule has 3 fully saturated rings. The lowest BCUT2D eigenvalue weighted by Gasteiger charge is -2.44. The maximum absolute atomic E-state index is 13.9. The summed E-state index contributed by atoms with van der Waals surface area (Å²) in [5, 5.41) is 12.0. The van der Waals surface area contributed by atoms with E-state index >= 15 is 0 Å². The first-order valence-corrected chi connectivity index (χ1v) is 16.1. The van der Waals surface area contributed by atoms with Gasteiger partial charge in [0, 0.05) is 49.2 Å². The number of hydrogen-bond donors (Lipinski definition) is 1. The molecule has 0 spiro atoms. The number of fused-ring (bicyclic) bond motifs is 1. The molecule has 242 valence electrons. The molecule has 3 aliphatic rings. The number of rotatable bonds is 4. The number of nitrogens with zero attached hydrogens (tertiary/aromatic N) is 2. The van der Waals surface area contributed by atoms with Gasteiger partial charge in [-0.15, -0.1) is 0 Å². The molecule has 0 aromatic rings. The number of ketones is 2. The average molecular weight is 595 g/mol. The number of Topliss-reactive ketones (excluding diaryl/α,β-unsaturated/α-hetero) is 2. The van der Waals surface area contributed by atoms with Crippen LogP contribution in [-0.4, -0.2) is 102 Å². The molecule has 3 rings (SSSR count). The van der Waals surface area contributed by atoms with E-state index in [0.29, 0.717) is 38.6 Å². The smallest absolute Gasteiger partial charge is 0.316 e. The van der Waals surface area contributed by atoms with E-state index in [1.165, 1.54) is 0 Å². The third-order valence-electron chi connectivity index (χ3n) is 10.7. The Hall–Kier alpha value is -1.39. The molecule has 0 bridgehead atoms. The molecular weight excluding hydrogens is 536 g/mol. The Labute approximate surface area is 254 Å². The maximum Gasteiger partial charge on any atom is 0.316 e. The largest absolute Gasteiger partial charge is 0.461 e. The van der Waals surface area contributed by atoms with E-state index in [0.717, 1.165) is 6.42 Å². The van der Waals surface area contributed by atoms with Crippen molar-refractivity contribution in [1.82, 2.24) is 9.80 Å². The predicted molar refractivity (Wildman–Crippen MR) is 162 cm³/mol. The molecule has 12 atom stereocenters. The zero-order valence-corrected chi connectivity index (χ0v) is 28.0. The molecule has 2 aliphatic heterocycles. The quantitative estimate of drug-likeness (QED) is 0.381. The first-order chi connectivity index (χ1) is 19.4. The number of ether oxygens (including phenoxy) is 3. The minimum atomic E-state index is -1.37. The molecule has 9 heteroatoms. The lowest BCUT2D eigenvalue weighted by molar-refractivity contribution is -0.259. The summed E-state index contributed by atoms with van der Waals surface area (Å²) in [6, 6.07) is 0.301. The van der Waals surface area contributed by atoms with Crippen molar-refractivity contribution in [2.75, 3.05) is 27.7 Å². The standard InChI is InChI=1S/C33H58N2O7/c1-12-27-32(7)17-25(36)15-26(32)23(6)35(11)18-19(2)16-33(8,39)30(21(4)29(37)22(5)31(38)41-27)42-28-14-24(34(9)10)13-20(3)40-28/h19-24,26-28,30,39H,12-18H2,1-11H3/t19-,20-,21+,22-,23-,24?,26-,27-,28+,30-,32+,33-/m1/s1. The summed E-state index contributed by atoms with van der Waals surface area (Å²) >= 11 is 0. The summed E-state index contributed by atoms with van der Waals surface area (Å²) in [7, 11) is 6.13. The van der Waals surface area contributed by atoms with Crippen LogP contribution in [0.2, 0.25) is 0 Å². The zero-order valence-electron chi connectivity index (χ0n) is 28.0. The van der Waals surface area contributed by atoms with Gasteiger partial charge in [-0.2, -0.15) is 0 Å². The Kier molecular flexibility index (Phi) is 11.5. The van der Waals surface area contributed by atoms with Crippen LogP contribution >= 0.6 is 0 Å². The molecule has 0 amide bonds. The molecule has 1 aliphatic carbocycles. The molecular formula is C33H58N2O7. The van der Waals surface area contributed by atoms with Gasteiger partial charge >= 0.3 is 5.97 Å². The van der Waals surface area contributed by atoms with Crippen molar-refractivity contribution in [3.8, 4) is 0 Å². The van der Waals surface area contributed by atoms with Crippen molar-refractivity contribution in [3.63, 3.8) is 0 Å². The fraction of sp³-hybridized carbons (Fsp3) is 0.909. The van der Waals surface area contributed by atoms with Crippen LogP contribution in [0, 0.1) is 29.1 Å². The van der Waals surface area contributed by atoms with Crippen LogP contribution in [0.5, 0.6) is 0 Å². The highest BCUT2D eigenvalue weighted by molar-refractivity contribution is 6.00. The van der Waals surface area contributed by atoms with Crippen molar-refractivity contribution in [2.24, 2.45) is 29.1 Å². The van der Waals surface area contributed by atoms with Gasteiger partial charge in [0.2, 0.25) is 0 Å². The highest BCUT2D eigenvalue weighted by Gasteiger charge is 2.53. The van der Waals surface area contributed by atoms with Gasteiger partial charge in [-0.1, -0.05) is 27.7 Å². The number of carbonyl (C=O) groups is 3. The molecule has 0 aromatic carbocycles. The van der Waals surface area contributed by atoms with Gasteiger partial charge in [-0.25, -0.2) is 0 Å². The van der Waals surface area contributed by atoms with Crippen LogP contribution in [0.15, 0.2) is 0 Å². The molecule has 42 heavy (non-hydrogen) atoms. The van der Waals surface area contributed by atoms with Gasteiger partial charge in [0.1, 0.15) is 17.8 Å². The third kappa shape index (κ3) is 7.63. The average Bonchev–Trinajstić information content (AvgIpc) is 3.21. The lowest BCUT2D eigenvalue weighted by atomic mass is 9.70. The summed E-state index contributed by atoms with van der Waals surface area (Å²) in [4.78, 5) is 44.7. The van der Waals surface area contributed by atoms with Crippen LogP contribution in [0.3, 0.4) is 0 Å². The third-order valence-corrected chi connectivity index (χ3v) is 10.7. The molecule has 1 N–H and O–H groups in total. The number of hydrogen-bond acceptors (Lipinski definition) is 9. The Balaban J connectivity index is 1.99. The van der Waals surface area contributed by atoms with E-state index in [9.17, 15) is 19.5 Å². The van der Waals surface area contributed by atoms with Gasteiger partial charge in [-0.05, 0) is 79.9 Å². The molecule has 0 radical (unpaired) electrons. The van der Waals surface area contributed by atoms with Gasteiger partial charge in [-0.3, -0.25) is 14.4 Å². The fourth-order valence-electron chi connectivity index (χ4n) is 8.17. The first-order valence-electron chi connectivity index (χ1n) is 16.1. The normalized spacial score (nSPS) is 45.3. The monoisotopic (exact) mass is 594 g/mol. The number of esters is 1. The summed E-state index contributed by atoms with van der Waals surface area (Å²) in [5.41, 5.74) is -1.90. The van der Waals surface area contributed by atoms with E-state index in [1.54, 1.807) is 20.8 Å². The van der Waals surface area contributed by atoms with E-state index in [1.807, 2.05) is 27.9 Å². The Morgan fingerprint density at radius 1 is 1.07 bits per heavy atom. The molecule has 1 unspecified atom stereocenters. The summed E-state index contributed by atoms with van der Waals surface area (Å²) < 4.78 is 18.8. The minimum Gasteiger partial charge on any atom is -0.461 e. The van der Waals surface area contributed by atoms with E-state index in [4.69, 9.17) is 14.2 Å². The number of aliphatic hydroxyl groups is 1. The highest BCUT2D eigenvalue weighted by atomic mass is 16.7. The van der Waals surface area contributed by atoms with Crippen LogP contribution in [-0.2, 0) is 28.6 Å². The van der Waals surface area contributed by atoms with Crippen molar-refractivity contribution in [2.45, 2.75) is 136 Å². The second kappa shape index (κ2) is 13.7. The summed E-state index contributed by atoms with van der Waals surface area (Å²) in [6.45, 7) is 16.0. The molecule has 2 heterocycles. The van der Waals surface area contributed by atoms with Gasteiger partial charge in [0.05, 0.1) is 17.8 Å². The first kappa shape index (κ1) is 35.1. The minimum absolute atomic E-state index is 0.00156. The second-order valence-corrected chi connectivity index (χ2v) is 14.6. The van der Waals surface area contributed by atoms with Crippen LogP contribution < -0.4 is 0 Å². The maximum atomic E-state index is 13.9. The van der Waals surface area contributed by atoms with Gasteiger partial charge < -0.3 is 29.1 Å². The van der Waals surface area contributed by atoms with Crippen LogP contribution in [0.4, 0.5) is 0 Å². The second-order valence-electron chi connectivity index (χ2n) is 14.6. The lowest BCUT2D eigenvalue weighted by Crippen LogP contribution is -2.54. The SMILES string of the molecule is CC[C@H]1OC(=O)[C@H](C)C(=O)[C@H](C)[C@@H](O[C@H]2CC(N(C)C)C[C@@H](C)O2)[C@](C)(O)C[C@@H](C)CN(C)[C@H](C)[C@H]2CC(=O)C[C@@]21C. The van der Waals surface area contributed by atoms with Crippen molar-refractivity contribution in [3.05, 3.63) is 0 Å². The Morgan fingerprint density at radius 3 is 2.31 bits per heavy atom. The van der Waals surface area contributed by atoms with E-state index in [-0.39, 0.29) is 41.6 Å². The van der Waals surface area contributed by atoms with Crippen molar-refractivity contribution in [1.29, 1.82) is 0 Å². The van der Waals surface area contributed by atoms with Crippen LogP contribution in [0.1, 0.15) is 93.9 Å². The number of carbonyl (C=O) groups excluding carboxylic acids is 3. The topological polar surface area (TPSA) is 106 Å². The molecule has 0 aromatic heterocycles. The van der Waals surface area contributed by atoms with Crippen LogP contribution in [0.25, 0.3) is 0 Å². The number of cyclic esters (lactones) is 1. The molecule has 9 nitrogen and oxygen atoms in total. The highest BCUT2D eigenvalue weighted by Crippen LogP contribution is 2.49. The molecule has 1 saturated carbocycles. The van der Waals surface area contributed by atoms with Gasteiger partial charge in [0.15, 0.2) is 12.1 Å². The summed E-state index contributed by atoms with van der Waals surface area (Å²) in [5.74, 6) is -2.50. The summed E-state index contributed by atoms with van der Waals surface area (Å²) in [6.07, 6.45) is 1.25. The Morgan fingerprint density at radius 2 is 1.71 bits per heavy atom. The zero-order chi connectivity index (χ0) is 31.7.